The Kier molecular flexibility index (Phi) is 7.84. The van der Waals surface area contributed by atoms with Gasteiger partial charge in [-0.05, 0) is 19.9 Å². The summed E-state index contributed by atoms with van der Waals surface area (Å²) >= 11 is 0. The minimum absolute atomic E-state index is 0. The highest BCUT2D eigenvalue weighted by Crippen LogP contribution is 2.06. The van der Waals surface area contributed by atoms with E-state index in [1.165, 1.54) is 0 Å². The number of halogens is 1. The van der Waals surface area contributed by atoms with Crippen LogP contribution in [0.4, 0.5) is 0 Å². The van der Waals surface area contributed by atoms with E-state index in [1.807, 2.05) is 0 Å². The summed E-state index contributed by atoms with van der Waals surface area (Å²) in [4.78, 5) is 22.3. The third kappa shape index (κ3) is 5.27. The van der Waals surface area contributed by atoms with Crippen molar-refractivity contribution in [3.63, 3.8) is 0 Å². The zero-order chi connectivity index (χ0) is 11.1. The fourth-order valence-electron chi connectivity index (χ4n) is 1.23. The Morgan fingerprint density at radius 2 is 2.19 bits per heavy atom. The molecule has 0 saturated carbocycles. The van der Waals surface area contributed by atoms with Crippen LogP contribution in [-0.2, 0) is 19.1 Å². The molecular weight excluding hydrogens is 278 g/mol. The van der Waals surface area contributed by atoms with Crippen LogP contribution >= 0.6 is 17.0 Å². The maximum atomic E-state index is 11.4. The van der Waals surface area contributed by atoms with Crippen molar-refractivity contribution in [1.29, 1.82) is 0 Å². The molecule has 1 N–H and O–H groups in total. The first-order chi connectivity index (χ1) is 7.24. The van der Waals surface area contributed by atoms with Gasteiger partial charge >= 0.3 is 11.9 Å². The molecule has 1 aliphatic rings. The van der Waals surface area contributed by atoms with Crippen molar-refractivity contribution in [1.82, 2.24) is 5.32 Å². The summed E-state index contributed by atoms with van der Waals surface area (Å²) in [5, 5.41) is 3.08. The summed E-state index contributed by atoms with van der Waals surface area (Å²) in [6.07, 6.45) is 2.42. The molecule has 0 saturated heterocycles. The number of ether oxygens (including phenoxy) is 2. The summed E-state index contributed by atoms with van der Waals surface area (Å²) < 4.78 is 9.42. The maximum absolute atomic E-state index is 11.4. The first-order valence-corrected chi connectivity index (χ1v) is 4.96. The lowest BCUT2D eigenvalue weighted by atomic mass is 10.1. The lowest BCUT2D eigenvalue weighted by Crippen LogP contribution is -2.25. The minimum Gasteiger partial charge on any atom is -0.463 e. The van der Waals surface area contributed by atoms with Crippen LogP contribution in [0, 0.1) is 0 Å². The predicted molar refractivity (Wildman–Crippen MR) is 63.5 cm³/mol. The van der Waals surface area contributed by atoms with Gasteiger partial charge in [-0.3, -0.25) is 0 Å². The molecule has 0 bridgehead atoms. The molecule has 0 radical (unpaired) electrons. The highest BCUT2D eigenvalue weighted by atomic mass is 79.9. The van der Waals surface area contributed by atoms with Crippen molar-refractivity contribution in [3.05, 3.63) is 11.6 Å². The highest BCUT2D eigenvalue weighted by Gasteiger charge is 2.14. The van der Waals surface area contributed by atoms with Gasteiger partial charge in [0.15, 0.2) is 6.61 Å². The quantitative estimate of drug-likeness (QED) is 0.769. The maximum Gasteiger partial charge on any atom is 0.344 e. The van der Waals surface area contributed by atoms with Gasteiger partial charge in [0.2, 0.25) is 0 Å². The van der Waals surface area contributed by atoms with Crippen LogP contribution < -0.4 is 5.32 Å². The molecule has 0 amide bonds. The van der Waals surface area contributed by atoms with Crippen LogP contribution in [0.3, 0.4) is 0 Å². The zero-order valence-corrected chi connectivity index (χ0v) is 10.9. The molecule has 0 unspecified atom stereocenters. The van der Waals surface area contributed by atoms with Crippen LogP contribution in [0.2, 0.25) is 0 Å². The molecule has 0 fully saturated rings. The fraction of sp³-hybridized carbons (Fsp3) is 0.600. The summed E-state index contributed by atoms with van der Waals surface area (Å²) in [5.74, 6) is -0.940. The van der Waals surface area contributed by atoms with E-state index in [0.29, 0.717) is 25.1 Å². The van der Waals surface area contributed by atoms with Crippen LogP contribution in [0.25, 0.3) is 0 Å². The van der Waals surface area contributed by atoms with Crippen molar-refractivity contribution < 1.29 is 19.1 Å². The van der Waals surface area contributed by atoms with Crippen molar-refractivity contribution in [2.75, 3.05) is 26.3 Å². The molecule has 16 heavy (non-hydrogen) atoms. The number of hydrogen-bond acceptors (Lipinski definition) is 5. The smallest absolute Gasteiger partial charge is 0.344 e. The van der Waals surface area contributed by atoms with E-state index in [9.17, 15) is 9.59 Å². The molecular formula is C10H16BrNO4. The number of nitrogens with one attached hydrogen (secondary N) is 1. The van der Waals surface area contributed by atoms with Crippen molar-refractivity contribution in [3.8, 4) is 0 Å². The van der Waals surface area contributed by atoms with Crippen LogP contribution in [0.5, 0.6) is 0 Å². The number of esters is 2. The number of rotatable bonds is 4. The summed E-state index contributed by atoms with van der Waals surface area (Å²) in [5.41, 5.74) is 0.623. The summed E-state index contributed by atoms with van der Waals surface area (Å²) in [7, 11) is 0. The third-order valence-electron chi connectivity index (χ3n) is 1.95. The van der Waals surface area contributed by atoms with E-state index in [1.54, 1.807) is 13.0 Å². The monoisotopic (exact) mass is 293 g/mol. The van der Waals surface area contributed by atoms with Gasteiger partial charge in [0.05, 0.1) is 6.61 Å². The Morgan fingerprint density at radius 3 is 2.75 bits per heavy atom. The lowest BCUT2D eigenvalue weighted by molar-refractivity contribution is -0.156. The van der Waals surface area contributed by atoms with Gasteiger partial charge in [0.1, 0.15) is 0 Å². The average molecular weight is 294 g/mol. The standard InChI is InChI=1S/C10H15NO4.BrH/c1-2-14-9(12)7-15-10(13)8-3-5-11-6-4-8;/h3,11H,2,4-7H2,1H3;1H. The molecule has 0 aromatic rings. The topological polar surface area (TPSA) is 64.6 Å². The van der Waals surface area contributed by atoms with E-state index in [0.717, 1.165) is 6.54 Å². The zero-order valence-electron chi connectivity index (χ0n) is 9.15. The Bertz CT molecular complexity index is 278. The van der Waals surface area contributed by atoms with Gasteiger partial charge in [-0.15, -0.1) is 17.0 Å². The molecule has 92 valence electrons. The first-order valence-electron chi connectivity index (χ1n) is 4.96. The molecule has 5 nitrogen and oxygen atoms in total. The molecule has 1 aliphatic heterocycles. The molecule has 0 atom stereocenters. The summed E-state index contributed by atoms with van der Waals surface area (Å²) in [6, 6.07) is 0. The number of hydrogen-bond donors (Lipinski definition) is 1. The molecule has 6 heteroatoms. The Hall–Kier alpha value is -0.880. The van der Waals surface area contributed by atoms with E-state index in [2.05, 4.69) is 10.1 Å². The SMILES string of the molecule is Br.CCOC(=O)COC(=O)C1=CCNCC1. The molecule has 1 heterocycles. The van der Waals surface area contributed by atoms with Crippen molar-refractivity contribution in [2.45, 2.75) is 13.3 Å². The molecule has 0 aromatic carbocycles. The second kappa shape index (κ2) is 8.29. The number of carbonyl (C=O) groups is 2. The molecule has 0 aliphatic carbocycles. The highest BCUT2D eigenvalue weighted by molar-refractivity contribution is 8.93. The van der Waals surface area contributed by atoms with Crippen molar-refractivity contribution in [2.24, 2.45) is 0 Å². The van der Waals surface area contributed by atoms with Gasteiger partial charge in [-0.1, -0.05) is 6.08 Å². The van der Waals surface area contributed by atoms with E-state index < -0.39 is 11.9 Å². The van der Waals surface area contributed by atoms with E-state index in [4.69, 9.17) is 4.74 Å². The minimum atomic E-state index is -0.514. The molecule has 0 aromatic heterocycles. The fourth-order valence-corrected chi connectivity index (χ4v) is 1.23. The van der Waals surface area contributed by atoms with Gasteiger partial charge in [0, 0.05) is 12.1 Å². The third-order valence-corrected chi connectivity index (χ3v) is 1.95. The largest absolute Gasteiger partial charge is 0.463 e. The average Bonchev–Trinajstić information content (AvgIpc) is 2.27. The van der Waals surface area contributed by atoms with Gasteiger partial charge in [0.25, 0.3) is 0 Å². The van der Waals surface area contributed by atoms with Gasteiger partial charge in [-0.25, -0.2) is 9.59 Å². The lowest BCUT2D eigenvalue weighted by Gasteiger charge is -2.12. The van der Waals surface area contributed by atoms with Crippen LogP contribution in [-0.4, -0.2) is 38.2 Å². The second-order valence-electron chi connectivity index (χ2n) is 3.06. The van der Waals surface area contributed by atoms with Crippen LogP contribution in [0.15, 0.2) is 11.6 Å². The van der Waals surface area contributed by atoms with Crippen LogP contribution in [0.1, 0.15) is 13.3 Å². The molecule has 1 rings (SSSR count). The van der Waals surface area contributed by atoms with Gasteiger partial charge < -0.3 is 14.8 Å². The van der Waals surface area contributed by atoms with Gasteiger partial charge in [-0.2, -0.15) is 0 Å². The normalized spacial score (nSPS) is 14.4. The number of carbonyl (C=O) groups excluding carboxylic acids is 2. The summed E-state index contributed by atoms with van der Waals surface area (Å²) in [6.45, 7) is 3.12. The Balaban J connectivity index is 0.00000225. The Morgan fingerprint density at radius 1 is 1.44 bits per heavy atom. The first kappa shape index (κ1) is 15.1. The van der Waals surface area contributed by atoms with E-state index >= 15 is 0 Å². The van der Waals surface area contributed by atoms with E-state index in [-0.39, 0.29) is 23.6 Å². The predicted octanol–water partition coefficient (Wildman–Crippen LogP) is 0.590. The van der Waals surface area contributed by atoms with Crippen molar-refractivity contribution >= 4 is 28.9 Å². The second-order valence-corrected chi connectivity index (χ2v) is 3.06. The Labute approximate surface area is 105 Å². The molecule has 0 spiro atoms.